The van der Waals surface area contributed by atoms with Crippen LogP contribution < -0.4 is 5.32 Å². The van der Waals surface area contributed by atoms with Crippen LogP contribution >= 0.6 is 11.3 Å². The van der Waals surface area contributed by atoms with Crippen molar-refractivity contribution in [3.63, 3.8) is 0 Å². The van der Waals surface area contributed by atoms with Gasteiger partial charge in [-0.25, -0.2) is 0 Å². The molecule has 2 nitrogen and oxygen atoms in total. The Morgan fingerprint density at radius 3 is 3.38 bits per heavy atom. The summed E-state index contributed by atoms with van der Waals surface area (Å²) >= 11 is 1.25. The van der Waals surface area contributed by atoms with Crippen molar-refractivity contribution in [1.82, 2.24) is 5.32 Å². The van der Waals surface area contributed by atoms with E-state index in [4.69, 9.17) is 4.74 Å². The van der Waals surface area contributed by atoms with Crippen LogP contribution in [0.4, 0.5) is 4.39 Å². The number of likely N-dealkylation sites (N-methyl/N-ethyl adjacent to an activating group) is 1. The molecule has 0 saturated heterocycles. The Morgan fingerprint density at radius 1 is 1.77 bits per heavy atom. The first-order chi connectivity index (χ1) is 6.31. The molecule has 0 spiro atoms. The molecular weight excluding hydrogens is 189 g/mol. The molecule has 1 N–H and O–H groups in total. The predicted octanol–water partition coefficient (Wildman–Crippen LogP) is 1.72. The van der Waals surface area contributed by atoms with E-state index in [2.05, 4.69) is 5.32 Å². The molecule has 0 aliphatic carbocycles. The lowest BCUT2D eigenvalue weighted by Gasteiger charge is -2.22. The molecule has 0 bridgehead atoms. The lowest BCUT2D eigenvalue weighted by molar-refractivity contribution is 0.0450. The maximum atomic E-state index is 12.9. The van der Waals surface area contributed by atoms with Gasteiger partial charge in [-0.3, -0.25) is 0 Å². The number of thiophene rings is 1. The Balaban J connectivity index is 2.25. The van der Waals surface area contributed by atoms with E-state index in [0.717, 1.165) is 23.4 Å². The summed E-state index contributed by atoms with van der Waals surface area (Å²) < 4.78 is 18.5. The summed E-state index contributed by atoms with van der Waals surface area (Å²) in [6, 6.07) is 1.60. The van der Waals surface area contributed by atoms with E-state index in [1.807, 2.05) is 7.05 Å². The molecular formula is C9H12FNOS. The molecule has 0 amide bonds. The van der Waals surface area contributed by atoms with Gasteiger partial charge < -0.3 is 10.1 Å². The SMILES string of the molecule is CNC[C@H]1OCCc2sc(F)cc21. The van der Waals surface area contributed by atoms with Gasteiger partial charge in [0.2, 0.25) is 0 Å². The average Bonchev–Trinajstić information content (AvgIpc) is 2.47. The monoisotopic (exact) mass is 201 g/mol. The van der Waals surface area contributed by atoms with Crippen LogP contribution in [0.15, 0.2) is 6.07 Å². The quantitative estimate of drug-likeness (QED) is 0.786. The molecule has 0 fully saturated rings. The van der Waals surface area contributed by atoms with Crippen molar-refractivity contribution in [2.24, 2.45) is 0 Å². The molecule has 0 unspecified atom stereocenters. The van der Waals surface area contributed by atoms with E-state index in [1.54, 1.807) is 6.07 Å². The third-order valence-electron chi connectivity index (χ3n) is 2.20. The molecule has 2 rings (SSSR count). The van der Waals surface area contributed by atoms with Crippen molar-refractivity contribution in [2.75, 3.05) is 20.2 Å². The highest BCUT2D eigenvalue weighted by Gasteiger charge is 2.22. The van der Waals surface area contributed by atoms with E-state index in [1.165, 1.54) is 11.3 Å². The van der Waals surface area contributed by atoms with Crippen LogP contribution in [-0.4, -0.2) is 20.2 Å². The molecule has 4 heteroatoms. The van der Waals surface area contributed by atoms with Crippen molar-refractivity contribution in [3.05, 3.63) is 21.6 Å². The zero-order chi connectivity index (χ0) is 9.26. The van der Waals surface area contributed by atoms with Crippen molar-refractivity contribution in [3.8, 4) is 0 Å². The number of hydrogen-bond donors (Lipinski definition) is 1. The Morgan fingerprint density at radius 2 is 2.62 bits per heavy atom. The summed E-state index contributed by atoms with van der Waals surface area (Å²) in [4.78, 5) is 1.14. The first-order valence-electron chi connectivity index (χ1n) is 4.35. The van der Waals surface area contributed by atoms with Gasteiger partial charge >= 0.3 is 0 Å². The fourth-order valence-corrected chi connectivity index (χ4v) is 2.53. The topological polar surface area (TPSA) is 21.3 Å². The summed E-state index contributed by atoms with van der Waals surface area (Å²) in [5.74, 6) is 0. The second kappa shape index (κ2) is 3.74. The van der Waals surface area contributed by atoms with Gasteiger partial charge in [0.15, 0.2) is 5.13 Å². The molecule has 1 aliphatic rings. The summed E-state index contributed by atoms with van der Waals surface area (Å²) in [5.41, 5.74) is 1.03. The number of fused-ring (bicyclic) bond motifs is 1. The largest absolute Gasteiger partial charge is 0.372 e. The normalized spacial score (nSPS) is 21.5. The zero-order valence-electron chi connectivity index (χ0n) is 7.47. The molecule has 0 aromatic carbocycles. The van der Waals surface area contributed by atoms with Gasteiger partial charge in [0.05, 0.1) is 12.7 Å². The number of halogens is 1. The van der Waals surface area contributed by atoms with Gasteiger partial charge in [0.25, 0.3) is 0 Å². The average molecular weight is 201 g/mol. The summed E-state index contributed by atoms with van der Waals surface area (Å²) in [6.07, 6.45) is 0.888. The van der Waals surface area contributed by atoms with Crippen molar-refractivity contribution in [2.45, 2.75) is 12.5 Å². The smallest absolute Gasteiger partial charge is 0.177 e. The maximum Gasteiger partial charge on any atom is 0.177 e. The fourth-order valence-electron chi connectivity index (χ4n) is 1.61. The first-order valence-corrected chi connectivity index (χ1v) is 5.17. The molecule has 1 aliphatic heterocycles. The van der Waals surface area contributed by atoms with Gasteiger partial charge in [-0.05, 0) is 18.7 Å². The Kier molecular flexibility index (Phi) is 2.62. The number of hydrogen-bond acceptors (Lipinski definition) is 3. The molecule has 0 radical (unpaired) electrons. The minimum atomic E-state index is -0.100. The van der Waals surface area contributed by atoms with Crippen molar-refractivity contribution >= 4 is 11.3 Å². The van der Waals surface area contributed by atoms with E-state index in [0.29, 0.717) is 6.61 Å². The summed E-state index contributed by atoms with van der Waals surface area (Å²) in [7, 11) is 1.88. The van der Waals surface area contributed by atoms with Crippen LogP contribution in [0.1, 0.15) is 16.5 Å². The summed E-state index contributed by atoms with van der Waals surface area (Å²) in [5, 5.41) is 2.94. The molecule has 0 saturated carbocycles. The minimum Gasteiger partial charge on any atom is -0.372 e. The van der Waals surface area contributed by atoms with E-state index < -0.39 is 0 Å². The van der Waals surface area contributed by atoms with Gasteiger partial charge in [0.1, 0.15) is 0 Å². The molecule has 72 valence electrons. The second-order valence-electron chi connectivity index (χ2n) is 3.10. The summed E-state index contributed by atoms with van der Waals surface area (Å²) in [6.45, 7) is 1.46. The van der Waals surface area contributed by atoms with Gasteiger partial charge in [-0.1, -0.05) is 0 Å². The standard InChI is InChI=1S/C9H12FNOS/c1-11-5-7-6-4-9(10)13-8(6)2-3-12-7/h4,7,11H,2-3,5H2,1H3/t7-/m1/s1. The van der Waals surface area contributed by atoms with E-state index in [9.17, 15) is 4.39 Å². The van der Waals surface area contributed by atoms with Crippen LogP contribution in [0.25, 0.3) is 0 Å². The van der Waals surface area contributed by atoms with Crippen LogP contribution in [0.2, 0.25) is 0 Å². The molecule has 2 heterocycles. The second-order valence-corrected chi connectivity index (χ2v) is 4.18. The Bertz CT molecular complexity index is 300. The number of nitrogens with one attached hydrogen (secondary N) is 1. The van der Waals surface area contributed by atoms with Crippen molar-refractivity contribution < 1.29 is 9.13 Å². The highest BCUT2D eigenvalue weighted by Crippen LogP contribution is 2.32. The molecule has 1 aromatic rings. The lowest BCUT2D eigenvalue weighted by atomic mass is 10.1. The number of rotatable bonds is 2. The highest BCUT2D eigenvalue weighted by atomic mass is 32.1. The van der Waals surface area contributed by atoms with E-state index in [-0.39, 0.29) is 11.2 Å². The van der Waals surface area contributed by atoms with Crippen LogP contribution in [0.5, 0.6) is 0 Å². The Labute approximate surface area is 80.7 Å². The third kappa shape index (κ3) is 1.75. The molecule has 13 heavy (non-hydrogen) atoms. The first kappa shape index (κ1) is 9.12. The zero-order valence-corrected chi connectivity index (χ0v) is 8.29. The third-order valence-corrected chi connectivity index (χ3v) is 3.20. The predicted molar refractivity (Wildman–Crippen MR) is 50.6 cm³/mol. The van der Waals surface area contributed by atoms with E-state index >= 15 is 0 Å². The van der Waals surface area contributed by atoms with Gasteiger partial charge in [-0.2, -0.15) is 4.39 Å². The Hall–Kier alpha value is -0.450. The van der Waals surface area contributed by atoms with Crippen molar-refractivity contribution in [1.29, 1.82) is 0 Å². The molecule has 1 atom stereocenters. The number of ether oxygens (including phenoxy) is 1. The van der Waals surface area contributed by atoms with Crippen LogP contribution in [-0.2, 0) is 11.2 Å². The maximum absolute atomic E-state index is 12.9. The van der Waals surface area contributed by atoms with Crippen LogP contribution in [0.3, 0.4) is 0 Å². The molecule has 1 aromatic heterocycles. The minimum absolute atomic E-state index is 0.0366. The lowest BCUT2D eigenvalue weighted by Crippen LogP contribution is -2.24. The fraction of sp³-hybridized carbons (Fsp3) is 0.556. The highest BCUT2D eigenvalue weighted by molar-refractivity contribution is 7.10. The van der Waals surface area contributed by atoms with Gasteiger partial charge in [-0.15, -0.1) is 11.3 Å². The van der Waals surface area contributed by atoms with Crippen LogP contribution in [0, 0.1) is 5.13 Å². The van der Waals surface area contributed by atoms with Gasteiger partial charge in [0, 0.05) is 17.8 Å².